The SMILES string of the molecule is COC1C[C@@H]2CN(C(=O)c3sccc3C)C[C@@H]2C1. The van der Waals surface area contributed by atoms with E-state index >= 15 is 0 Å². The molecule has 1 aromatic rings. The molecule has 2 fully saturated rings. The summed E-state index contributed by atoms with van der Waals surface area (Å²) in [6.45, 7) is 3.85. The van der Waals surface area contributed by atoms with Crippen LogP contribution in [0, 0.1) is 18.8 Å². The molecule has 98 valence electrons. The Hall–Kier alpha value is -0.870. The molecule has 0 bridgehead atoms. The molecule has 1 saturated heterocycles. The Morgan fingerprint density at radius 3 is 2.56 bits per heavy atom. The summed E-state index contributed by atoms with van der Waals surface area (Å²) in [5.74, 6) is 1.53. The lowest BCUT2D eigenvalue weighted by Gasteiger charge is -2.18. The van der Waals surface area contributed by atoms with Gasteiger partial charge in [-0.1, -0.05) is 0 Å². The summed E-state index contributed by atoms with van der Waals surface area (Å²) in [4.78, 5) is 15.4. The molecular formula is C14H19NO2S. The fourth-order valence-corrected chi connectivity index (χ4v) is 4.23. The van der Waals surface area contributed by atoms with Crippen LogP contribution in [0.2, 0.25) is 0 Å². The van der Waals surface area contributed by atoms with Gasteiger partial charge in [0.25, 0.3) is 5.91 Å². The summed E-state index contributed by atoms with van der Waals surface area (Å²) >= 11 is 1.56. The summed E-state index contributed by atoms with van der Waals surface area (Å²) in [6, 6.07) is 2.02. The third-order valence-corrected chi connectivity index (χ3v) is 5.39. The zero-order valence-electron chi connectivity index (χ0n) is 10.9. The molecule has 1 aliphatic carbocycles. The molecule has 1 saturated carbocycles. The van der Waals surface area contributed by atoms with Crippen LogP contribution in [0.1, 0.15) is 28.1 Å². The second kappa shape index (κ2) is 4.67. The third-order valence-electron chi connectivity index (χ3n) is 4.38. The summed E-state index contributed by atoms with van der Waals surface area (Å²) in [5, 5.41) is 2.00. The van der Waals surface area contributed by atoms with Gasteiger partial charge < -0.3 is 9.64 Å². The Morgan fingerprint density at radius 2 is 2.06 bits per heavy atom. The Morgan fingerprint density at radius 1 is 1.39 bits per heavy atom. The lowest BCUT2D eigenvalue weighted by molar-refractivity contribution is 0.0735. The number of nitrogens with zero attached hydrogens (tertiary/aromatic N) is 1. The van der Waals surface area contributed by atoms with E-state index in [2.05, 4.69) is 0 Å². The molecule has 0 spiro atoms. The van der Waals surface area contributed by atoms with Crippen LogP contribution in [-0.4, -0.2) is 37.1 Å². The number of carbonyl (C=O) groups is 1. The van der Waals surface area contributed by atoms with Crippen molar-refractivity contribution >= 4 is 17.2 Å². The van der Waals surface area contributed by atoms with E-state index in [0.29, 0.717) is 17.9 Å². The minimum absolute atomic E-state index is 0.228. The number of amides is 1. The van der Waals surface area contributed by atoms with E-state index < -0.39 is 0 Å². The molecule has 0 N–H and O–H groups in total. The number of thiophene rings is 1. The van der Waals surface area contributed by atoms with Crippen LogP contribution in [0.15, 0.2) is 11.4 Å². The Kier molecular flexibility index (Phi) is 3.16. The van der Waals surface area contributed by atoms with Gasteiger partial charge >= 0.3 is 0 Å². The van der Waals surface area contributed by atoms with E-state index in [4.69, 9.17) is 4.74 Å². The number of aryl methyl sites for hydroxylation is 1. The monoisotopic (exact) mass is 265 g/mol. The van der Waals surface area contributed by atoms with E-state index in [-0.39, 0.29) is 5.91 Å². The standard InChI is InChI=1S/C14H19NO2S/c1-9-3-4-18-13(9)14(16)15-7-10-5-12(17-2)6-11(10)8-15/h3-4,10-12H,5-8H2,1-2H3/t10-,11+,12?. The van der Waals surface area contributed by atoms with Crippen molar-refractivity contribution in [2.75, 3.05) is 20.2 Å². The van der Waals surface area contributed by atoms with Gasteiger partial charge in [0.2, 0.25) is 0 Å². The second-order valence-electron chi connectivity index (χ2n) is 5.49. The quantitative estimate of drug-likeness (QED) is 0.822. The van der Waals surface area contributed by atoms with Crippen LogP contribution in [0.5, 0.6) is 0 Å². The highest BCUT2D eigenvalue weighted by Gasteiger charge is 2.42. The highest BCUT2D eigenvalue weighted by atomic mass is 32.1. The van der Waals surface area contributed by atoms with E-state index in [1.807, 2.05) is 23.3 Å². The van der Waals surface area contributed by atoms with Gasteiger partial charge in [0.05, 0.1) is 11.0 Å². The van der Waals surface area contributed by atoms with Crippen molar-refractivity contribution in [1.82, 2.24) is 4.90 Å². The molecule has 3 nitrogen and oxygen atoms in total. The van der Waals surface area contributed by atoms with E-state index in [1.165, 1.54) is 0 Å². The first-order valence-corrected chi connectivity index (χ1v) is 7.43. The van der Waals surface area contributed by atoms with Gasteiger partial charge in [-0.3, -0.25) is 4.79 Å². The number of fused-ring (bicyclic) bond motifs is 1. The highest BCUT2D eigenvalue weighted by molar-refractivity contribution is 7.12. The summed E-state index contributed by atoms with van der Waals surface area (Å²) in [7, 11) is 1.80. The zero-order valence-corrected chi connectivity index (χ0v) is 11.7. The first-order valence-electron chi connectivity index (χ1n) is 6.55. The number of ether oxygens (including phenoxy) is 1. The van der Waals surface area contributed by atoms with Crippen molar-refractivity contribution in [3.63, 3.8) is 0 Å². The molecule has 3 atom stereocenters. The van der Waals surface area contributed by atoms with Gasteiger partial charge in [-0.25, -0.2) is 0 Å². The van der Waals surface area contributed by atoms with Crippen molar-refractivity contribution in [2.45, 2.75) is 25.9 Å². The van der Waals surface area contributed by atoms with Crippen molar-refractivity contribution in [2.24, 2.45) is 11.8 Å². The molecule has 1 aliphatic heterocycles. The minimum atomic E-state index is 0.228. The van der Waals surface area contributed by atoms with E-state index in [9.17, 15) is 4.79 Å². The zero-order chi connectivity index (χ0) is 12.7. The molecule has 1 aromatic heterocycles. The summed E-state index contributed by atoms with van der Waals surface area (Å²) < 4.78 is 5.43. The first kappa shape index (κ1) is 12.2. The molecule has 2 aliphatic rings. The lowest BCUT2D eigenvalue weighted by atomic mass is 10.0. The molecule has 0 aromatic carbocycles. The second-order valence-corrected chi connectivity index (χ2v) is 6.41. The maximum atomic E-state index is 12.4. The van der Waals surface area contributed by atoms with E-state index in [1.54, 1.807) is 18.4 Å². The predicted octanol–water partition coefficient (Wildman–Crippen LogP) is 2.55. The fraction of sp³-hybridized carbons (Fsp3) is 0.643. The Bertz CT molecular complexity index is 442. The van der Waals surface area contributed by atoms with Crippen LogP contribution in [-0.2, 0) is 4.74 Å². The lowest BCUT2D eigenvalue weighted by Crippen LogP contribution is -2.30. The van der Waals surface area contributed by atoms with Gasteiger partial charge in [-0.05, 0) is 48.6 Å². The normalized spacial score (nSPS) is 30.8. The number of methoxy groups -OCH3 is 1. The molecule has 1 amide bonds. The van der Waals surface area contributed by atoms with Gasteiger partial charge in [0.1, 0.15) is 0 Å². The maximum absolute atomic E-state index is 12.4. The molecule has 3 rings (SSSR count). The number of hydrogen-bond acceptors (Lipinski definition) is 3. The fourth-order valence-electron chi connectivity index (χ4n) is 3.34. The maximum Gasteiger partial charge on any atom is 0.264 e. The number of likely N-dealkylation sites (tertiary alicyclic amines) is 1. The van der Waals surface area contributed by atoms with Crippen LogP contribution in [0.4, 0.5) is 0 Å². The smallest absolute Gasteiger partial charge is 0.264 e. The number of carbonyl (C=O) groups excluding carboxylic acids is 1. The number of hydrogen-bond donors (Lipinski definition) is 0. The number of rotatable bonds is 2. The first-order chi connectivity index (χ1) is 8.69. The molecule has 4 heteroatoms. The van der Waals surface area contributed by atoms with Crippen LogP contribution < -0.4 is 0 Å². The topological polar surface area (TPSA) is 29.5 Å². The van der Waals surface area contributed by atoms with Crippen molar-refractivity contribution in [1.29, 1.82) is 0 Å². The van der Waals surface area contributed by atoms with Gasteiger partial charge in [0.15, 0.2) is 0 Å². The summed E-state index contributed by atoms with van der Waals surface area (Å²) in [6.07, 6.45) is 2.66. The van der Waals surface area contributed by atoms with Gasteiger partial charge in [0, 0.05) is 20.2 Å². The molecule has 0 radical (unpaired) electrons. The van der Waals surface area contributed by atoms with Gasteiger partial charge in [-0.15, -0.1) is 11.3 Å². The van der Waals surface area contributed by atoms with Crippen LogP contribution >= 0.6 is 11.3 Å². The van der Waals surface area contributed by atoms with Crippen molar-refractivity contribution in [3.05, 3.63) is 21.9 Å². The van der Waals surface area contributed by atoms with E-state index in [0.717, 1.165) is 36.4 Å². The average molecular weight is 265 g/mol. The largest absolute Gasteiger partial charge is 0.381 e. The highest BCUT2D eigenvalue weighted by Crippen LogP contribution is 2.39. The predicted molar refractivity (Wildman–Crippen MR) is 72.0 cm³/mol. The van der Waals surface area contributed by atoms with Gasteiger partial charge in [-0.2, -0.15) is 0 Å². The molecular weight excluding hydrogens is 246 g/mol. The van der Waals surface area contributed by atoms with Crippen LogP contribution in [0.3, 0.4) is 0 Å². The average Bonchev–Trinajstić information content (AvgIpc) is 3.00. The van der Waals surface area contributed by atoms with Crippen molar-refractivity contribution in [3.8, 4) is 0 Å². The molecule has 2 heterocycles. The van der Waals surface area contributed by atoms with Crippen molar-refractivity contribution < 1.29 is 9.53 Å². The van der Waals surface area contributed by atoms with Crippen LogP contribution in [0.25, 0.3) is 0 Å². The molecule has 18 heavy (non-hydrogen) atoms. The Labute approximate surface area is 112 Å². The summed E-state index contributed by atoms with van der Waals surface area (Å²) in [5.41, 5.74) is 1.11. The molecule has 1 unspecified atom stereocenters. The Balaban J connectivity index is 1.68. The third kappa shape index (κ3) is 1.97. The minimum Gasteiger partial charge on any atom is -0.381 e.